The number of benzene rings is 2. The van der Waals surface area contributed by atoms with E-state index in [1.165, 1.54) is 0 Å². The van der Waals surface area contributed by atoms with E-state index in [4.69, 9.17) is 4.74 Å². The van der Waals surface area contributed by atoms with Crippen molar-refractivity contribution in [2.24, 2.45) is 0 Å². The van der Waals surface area contributed by atoms with Crippen molar-refractivity contribution in [3.05, 3.63) is 65.7 Å². The number of hydrogen-bond donors (Lipinski definition) is 3. The second kappa shape index (κ2) is 9.20. The molecule has 0 fully saturated rings. The first kappa shape index (κ1) is 19.0. The molecule has 0 saturated carbocycles. The van der Waals surface area contributed by atoms with E-state index in [2.05, 4.69) is 10.6 Å². The minimum Gasteiger partial charge on any atom is -0.492 e. The Morgan fingerprint density at radius 1 is 1.16 bits per heavy atom. The number of aliphatic hydroxyl groups excluding tert-OH is 1. The van der Waals surface area contributed by atoms with Crippen molar-refractivity contribution in [3.63, 3.8) is 0 Å². The average Bonchev–Trinajstić information content (AvgIpc) is 2.64. The van der Waals surface area contributed by atoms with Crippen molar-refractivity contribution in [2.45, 2.75) is 19.4 Å². The van der Waals surface area contributed by atoms with Crippen molar-refractivity contribution >= 4 is 5.91 Å². The van der Waals surface area contributed by atoms with Crippen LogP contribution in [0.25, 0.3) is 0 Å². The van der Waals surface area contributed by atoms with E-state index >= 15 is 0 Å². The Balaban J connectivity index is 1.73. The predicted molar refractivity (Wildman–Crippen MR) is 98.6 cm³/mol. The first-order chi connectivity index (χ1) is 12.0. The highest BCUT2D eigenvalue weighted by molar-refractivity contribution is 5.78. The molecule has 1 atom stereocenters. The molecule has 25 heavy (non-hydrogen) atoms. The van der Waals surface area contributed by atoms with E-state index in [1.807, 2.05) is 68.4 Å². The fourth-order valence-electron chi connectivity index (χ4n) is 2.46. The summed E-state index contributed by atoms with van der Waals surface area (Å²) >= 11 is 0. The van der Waals surface area contributed by atoms with E-state index < -0.39 is 5.54 Å². The van der Waals surface area contributed by atoms with Crippen LogP contribution in [0.15, 0.2) is 54.6 Å². The SMILES string of the molecule is Cc1cccc(OCCNC(=O)CN[C@](C)(CO)c2ccccc2)c1. The summed E-state index contributed by atoms with van der Waals surface area (Å²) in [5, 5.41) is 15.6. The van der Waals surface area contributed by atoms with Gasteiger partial charge in [-0.3, -0.25) is 10.1 Å². The maximum absolute atomic E-state index is 12.0. The standard InChI is InChI=1S/C20H26N2O3/c1-16-7-6-10-18(13-16)25-12-11-21-19(24)14-22-20(2,15-23)17-8-4-3-5-9-17/h3-10,13,22-23H,11-12,14-15H2,1-2H3,(H,21,24)/t20-/m1/s1. The minimum absolute atomic E-state index is 0.0965. The maximum Gasteiger partial charge on any atom is 0.234 e. The molecule has 0 radical (unpaired) electrons. The van der Waals surface area contributed by atoms with Gasteiger partial charge in [0.15, 0.2) is 0 Å². The van der Waals surface area contributed by atoms with Crippen LogP contribution in [0.4, 0.5) is 0 Å². The number of aliphatic hydroxyl groups is 1. The van der Waals surface area contributed by atoms with Crippen molar-refractivity contribution in [1.82, 2.24) is 10.6 Å². The van der Waals surface area contributed by atoms with Crippen LogP contribution in [-0.2, 0) is 10.3 Å². The Kier molecular flexibility index (Phi) is 6.98. The molecule has 0 spiro atoms. The zero-order valence-corrected chi connectivity index (χ0v) is 14.8. The fraction of sp³-hybridized carbons (Fsp3) is 0.350. The fourth-order valence-corrected chi connectivity index (χ4v) is 2.46. The van der Waals surface area contributed by atoms with Gasteiger partial charge in [0, 0.05) is 0 Å². The van der Waals surface area contributed by atoms with E-state index in [1.54, 1.807) is 0 Å². The summed E-state index contributed by atoms with van der Waals surface area (Å²) in [6.07, 6.45) is 0. The Hall–Kier alpha value is -2.37. The van der Waals surface area contributed by atoms with Crippen LogP contribution in [0, 0.1) is 6.92 Å². The number of hydrogen-bond acceptors (Lipinski definition) is 4. The van der Waals surface area contributed by atoms with Crippen molar-refractivity contribution in [3.8, 4) is 5.75 Å². The van der Waals surface area contributed by atoms with Gasteiger partial charge in [-0.25, -0.2) is 0 Å². The van der Waals surface area contributed by atoms with Gasteiger partial charge in [-0.05, 0) is 37.1 Å². The molecule has 0 aliphatic heterocycles. The van der Waals surface area contributed by atoms with Crippen molar-refractivity contribution in [1.29, 1.82) is 0 Å². The van der Waals surface area contributed by atoms with Gasteiger partial charge in [0.25, 0.3) is 0 Å². The summed E-state index contributed by atoms with van der Waals surface area (Å²) in [7, 11) is 0. The number of amides is 1. The molecule has 2 aromatic carbocycles. The molecule has 0 aliphatic rings. The number of rotatable bonds is 9. The average molecular weight is 342 g/mol. The summed E-state index contributed by atoms with van der Waals surface area (Å²) in [5.41, 5.74) is 1.42. The zero-order valence-electron chi connectivity index (χ0n) is 14.8. The number of carbonyl (C=O) groups excluding carboxylic acids is 1. The molecule has 5 nitrogen and oxygen atoms in total. The van der Waals surface area contributed by atoms with Gasteiger partial charge in [-0.15, -0.1) is 0 Å². The lowest BCUT2D eigenvalue weighted by Crippen LogP contribution is -2.48. The predicted octanol–water partition coefficient (Wildman–Crippen LogP) is 1.99. The summed E-state index contributed by atoms with van der Waals surface area (Å²) in [6, 6.07) is 17.4. The Morgan fingerprint density at radius 2 is 1.92 bits per heavy atom. The van der Waals surface area contributed by atoms with Gasteiger partial charge < -0.3 is 15.2 Å². The maximum atomic E-state index is 12.0. The molecule has 0 bridgehead atoms. The molecule has 0 aliphatic carbocycles. The van der Waals surface area contributed by atoms with Crippen LogP contribution in [0.2, 0.25) is 0 Å². The zero-order chi connectivity index (χ0) is 18.1. The van der Waals surface area contributed by atoms with Gasteiger partial charge in [0.1, 0.15) is 12.4 Å². The molecule has 0 saturated heterocycles. The lowest BCUT2D eigenvalue weighted by molar-refractivity contribution is -0.120. The Morgan fingerprint density at radius 3 is 2.60 bits per heavy atom. The first-order valence-corrected chi connectivity index (χ1v) is 8.41. The summed E-state index contributed by atoms with van der Waals surface area (Å²) in [5.74, 6) is 0.660. The molecule has 0 unspecified atom stereocenters. The molecule has 134 valence electrons. The molecule has 2 aromatic rings. The topological polar surface area (TPSA) is 70.6 Å². The highest BCUT2D eigenvalue weighted by Crippen LogP contribution is 2.19. The third kappa shape index (κ3) is 5.89. The second-order valence-electron chi connectivity index (χ2n) is 6.22. The van der Waals surface area contributed by atoms with E-state index in [0.29, 0.717) is 13.2 Å². The van der Waals surface area contributed by atoms with Crippen LogP contribution in [0.1, 0.15) is 18.1 Å². The number of carbonyl (C=O) groups is 1. The largest absolute Gasteiger partial charge is 0.492 e. The number of aryl methyl sites for hydroxylation is 1. The molecular formula is C20H26N2O3. The van der Waals surface area contributed by atoms with Gasteiger partial charge in [-0.1, -0.05) is 42.5 Å². The molecular weight excluding hydrogens is 316 g/mol. The molecule has 0 aromatic heterocycles. The third-order valence-electron chi connectivity index (χ3n) is 4.05. The summed E-state index contributed by atoms with van der Waals surface area (Å²) in [6.45, 7) is 4.74. The molecule has 0 heterocycles. The Bertz CT molecular complexity index is 676. The normalized spacial score (nSPS) is 13.1. The Labute approximate surface area is 149 Å². The number of nitrogens with one attached hydrogen (secondary N) is 2. The molecule has 5 heteroatoms. The van der Waals surface area contributed by atoms with Gasteiger partial charge in [0.2, 0.25) is 5.91 Å². The van der Waals surface area contributed by atoms with Crippen molar-refractivity contribution < 1.29 is 14.6 Å². The van der Waals surface area contributed by atoms with Gasteiger partial charge >= 0.3 is 0 Å². The van der Waals surface area contributed by atoms with E-state index in [0.717, 1.165) is 16.9 Å². The van der Waals surface area contributed by atoms with Crippen LogP contribution < -0.4 is 15.4 Å². The second-order valence-corrected chi connectivity index (χ2v) is 6.22. The molecule has 2 rings (SSSR count). The highest BCUT2D eigenvalue weighted by Gasteiger charge is 2.25. The smallest absolute Gasteiger partial charge is 0.234 e. The van der Waals surface area contributed by atoms with Gasteiger partial charge in [0.05, 0.1) is 25.2 Å². The first-order valence-electron chi connectivity index (χ1n) is 8.41. The van der Waals surface area contributed by atoms with Gasteiger partial charge in [-0.2, -0.15) is 0 Å². The monoisotopic (exact) mass is 342 g/mol. The van der Waals surface area contributed by atoms with E-state index in [-0.39, 0.29) is 19.1 Å². The third-order valence-corrected chi connectivity index (χ3v) is 4.05. The van der Waals surface area contributed by atoms with Crippen molar-refractivity contribution in [2.75, 3.05) is 26.3 Å². The summed E-state index contributed by atoms with van der Waals surface area (Å²) < 4.78 is 5.60. The van der Waals surface area contributed by atoms with E-state index in [9.17, 15) is 9.90 Å². The quantitative estimate of drug-likeness (QED) is 0.610. The van der Waals surface area contributed by atoms with Crippen LogP contribution in [0.3, 0.4) is 0 Å². The van der Waals surface area contributed by atoms with Crippen LogP contribution in [0.5, 0.6) is 5.75 Å². The summed E-state index contributed by atoms with van der Waals surface area (Å²) in [4.78, 5) is 12.0. The molecule has 3 N–H and O–H groups in total. The molecule has 1 amide bonds. The lowest BCUT2D eigenvalue weighted by atomic mass is 9.93. The van der Waals surface area contributed by atoms with Crippen LogP contribution in [-0.4, -0.2) is 37.3 Å². The lowest BCUT2D eigenvalue weighted by Gasteiger charge is -2.29. The number of ether oxygens (including phenoxy) is 1. The minimum atomic E-state index is -0.656. The highest BCUT2D eigenvalue weighted by atomic mass is 16.5. The van der Waals surface area contributed by atoms with Crippen LogP contribution >= 0.6 is 0 Å².